The smallest absolute Gasteiger partial charge is 0.0504 e. The number of anilines is 1. The summed E-state index contributed by atoms with van der Waals surface area (Å²) in [6.45, 7) is 4.24. The summed E-state index contributed by atoms with van der Waals surface area (Å²) in [5.74, 6) is 0. The van der Waals surface area contributed by atoms with E-state index in [2.05, 4.69) is 59.4 Å². The van der Waals surface area contributed by atoms with Gasteiger partial charge in [-0.1, -0.05) is 41.4 Å². The van der Waals surface area contributed by atoms with Crippen molar-refractivity contribution in [2.24, 2.45) is 0 Å². The van der Waals surface area contributed by atoms with Crippen molar-refractivity contribution < 1.29 is 0 Å². The molecule has 1 atom stereocenters. The van der Waals surface area contributed by atoms with Crippen molar-refractivity contribution >= 4 is 33.2 Å². The molecule has 0 spiro atoms. The Morgan fingerprint density at radius 2 is 1.94 bits per heavy atom. The van der Waals surface area contributed by atoms with Crippen LogP contribution in [0.1, 0.15) is 24.1 Å². The predicted molar refractivity (Wildman–Crippen MR) is 82.4 cm³/mol. The first-order valence-corrected chi connectivity index (χ1v) is 7.01. The molecule has 0 aliphatic carbocycles. The Morgan fingerprint density at radius 3 is 2.67 bits per heavy atom. The largest absolute Gasteiger partial charge is 0.378 e. The van der Waals surface area contributed by atoms with Crippen molar-refractivity contribution in [1.82, 2.24) is 0 Å². The van der Waals surface area contributed by atoms with Gasteiger partial charge in [-0.2, -0.15) is 0 Å². The van der Waals surface area contributed by atoms with Gasteiger partial charge in [0, 0.05) is 15.5 Å². The third-order valence-corrected chi connectivity index (χ3v) is 3.77. The van der Waals surface area contributed by atoms with Crippen LogP contribution in [0.3, 0.4) is 0 Å². The summed E-state index contributed by atoms with van der Waals surface area (Å²) in [7, 11) is 0. The van der Waals surface area contributed by atoms with Gasteiger partial charge in [-0.15, -0.1) is 0 Å². The average Bonchev–Trinajstić information content (AvgIpc) is 2.34. The minimum absolute atomic E-state index is 0.236. The second-order valence-electron chi connectivity index (χ2n) is 4.40. The zero-order chi connectivity index (χ0) is 13.1. The Bertz CT molecular complexity index is 554. The van der Waals surface area contributed by atoms with Gasteiger partial charge in [0.25, 0.3) is 0 Å². The van der Waals surface area contributed by atoms with Crippen LogP contribution >= 0.6 is 27.5 Å². The number of benzene rings is 2. The highest BCUT2D eigenvalue weighted by atomic mass is 79.9. The number of aryl methyl sites for hydroxylation is 1. The van der Waals surface area contributed by atoms with Crippen LogP contribution in [0.4, 0.5) is 5.69 Å². The lowest BCUT2D eigenvalue weighted by atomic mass is 10.1. The van der Waals surface area contributed by atoms with Gasteiger partial charge < -0.3 is 5.32 Å². The van der Waals surface area contributed by atoms with E-state index in [0.717, 1.165) is 15.2 Å². The highest BCUT2D eigenvalue weighted by Crippen LogP contribution is 2.29. The first kappa shape index (κ1) is 13.4. The molecule has 0 aliphatic heterocycles. The quantitative estimate of drug-likeness (QED) is 0.776. The Kier molecular flexibility index (Phi) is 4.31. The van der Waals surface area contributed by atoms with Gasteiger partial charge in [0.1, 0.15) is 0 Å². The SMILES string of the molecule is Cc1cccc(C(C)Nc2cc(Cl)ccc2Br)c1. The fourth-order valence-corrected chi connectivity index (χ4v) is 2.40. The van der Waals surface area contributed by atoms with E-state index in [9.17, 15) is 0 Å². The molecule has 1 nitrogen and oxygen atoms in total. The van der Waals surface area contributed by atoms with Gasteiger partial charge in [0.15, 0.2) is 0 Å². The van der Waals surface area contributed by atoms with Gasteiger partial charge >= 0.3 is 0 Å². The maximum Gasteiger partial charge on any atom is 0.0504 e. The standard InChI is InChI=1S/C15H15BrClN/c1-10-4-3-5-12(8-10)11(2)18-15-9-13(17)6-7-14(15)16/h3-9,11,18H,1-2H3. The third kappa shape index (κ3) is 3.27. The first-order chi connectivity index (χ1) is 8.56. The van der Waals surface area contributed by atoms with Crippen LogP contribution in [-0.4, -0.2) is 0 Å². The van der Waals surface area contributed by atoms with Crippen molar-refractivity contribution in [2.45, 2.75) is 19.9 Å². The molecule has 0 aromatic heterocycles. The summed E-state index contributed by atoms with van der Waals surface area (Å²) < 4.78 is 1.02. The zero-order valence-electron chi connectivity index (χ0n) is 10.4. The Morgan fingerprint density at radius 1 is 1.17 bits per heavy atom. The van der Waals surface area contributed by atoms with Gasteiger partial charge in [0.2, 0.25) is 0 Å². The van der Waals surface area contributed by atoms with Crippen LogP contribution in [-0.2, 0) is 0 Å². The van der Waals surface area contributed by atoms with Crippen molar-refractivity contribution in [2.75, 3.05) is 5.32 Å². The molecule has 94 valence electrons. The number of hydrogen-bond donors (Lipinski definition) is 1. The molecule has 2 aromatic carbocycles. The predicted octanol–water partition coefficient (Wildman–Crippen LogP) is 5.58. The number of nitrogens with one attached hydrogen (secondary N) is 1. The van der Waals surface area contributed by atoms with Crippen LogP contribution < -0.4 is 5.32 Å². The van der Waals surface area contributed by atoms with Crippen LogP contribution in [0.25, 0.3) is 0 Å². The first-order valence-electron chi connectivity index (χ1n) is 5.84. The third-order valence-electron chi connectivity index (χ3n) is 2.84. The van der Waals surface area contributed by atoms with Gasteiger partial charge in [-0.05, 0) is 53.5 Å². The molecule has 1 N–H and O–H groups in total. The van der Waals surface area contributed by atoms with Gasteiger partial charge in [0.05, 0.1) is 5.69 Å². The van der Waals surface area contributed by atoms with E-state index in [1.54, 1.807) is 0 Å². The molecule has 0 saturated carbocycles. The molecule has 2 rings (SSSR count). The summed E-state index contributed by atoms with van der Waals surface area (Å²) >= 11 is 9.54. The number of hydrogen-bond acceptors (Lipinski definition) is 1. The number of rotatable bonds is 3. The molecule has 1 unspecified atom stereocenters. The fraction of sp³-hybridized carbons (Fsp3) is 0.200. The van der Waals surface area contributed by atoms with E-state index in [1.165, 1.54) is 11.1 Å². The lowest BCUT2D eigenvalue weighted by molar-refractivity contribution is 0.882. The van der Waals surface area contributed by atoms with E-state index < -0.39 is 0 Å². The van der Waals surface area contributed by atoms with E-state index >= 15 is 0 Å². The highest BCUT2D eigenvalue weighted by Gasteiger charge is 2.08. The molecular weight excluding hydrogens is 310 g/mol. The van der Waals surface area contributed by atoms with E-state index in [1.807, 2.05) is 18.2 Å². The van der Waals surface area contributed by atoms with Crippen LogP contribution in [0.2, 0.25) is 5.02 Å². The average molecular weight is 325 g/mol. The summed E-state index contributed by atoms with van der Waals surface area (Å²) in [6.07, 6.45) is 0. The molecule has 0 bridgehead atoms. The molecule has 0 heterocycles. The van der Waals surface area contributed by atoms with Crippen LogP contribution in [0.5, 0.6) is 0 Å². The summed E-state index contributed by atoms with van der Waals surface area (Å²) in [4.78, 5) is 0. The van der Waals surface area contributed by atoms with E-state index in [0.29, 0.717) is 0 Å². The molecule has 0 radical (unpaired) electrons. The zero-order valence-corrected chi connectivity index (χ0v) is 12.7. The van der Waals surface area contributed by atoms with Crippen molar-refractivity contribution in [1.29, 1.82) is 0 Å². The minimum atomic E-state index is 0.236. The van der Waals surface area contributed by atoms with Crippen molar-refractivity contribution in [3.63, 3.8) is 0 Å². The molecule has 18 heavy (non-hydrogen) atoms. The van der Waals surface area contributed by atoms with Crippen molar-refractivity contribution in [3.8, 4) is 0 Å². The van der Waals surface area contributed by atoms with Gasteiger partial charge in [-0.3, -0.25) is 0 Å². The van der Waals surface area contributed by atoms with Gasteiger partial charge in [-0.25, -0.2) is 0 Å². The molecule has 0 amide bonds. The van der Waals surface area contributed by atoms with E-state index in [-0.39, 0.29) is 6.04 Å². The minimum Gasteiger partial charge on any atom is -0.378 e. The summed E-state index contributed by atoms with van der Waals surface area (Å²) in [5.41, 5.74) is 3.55. The monoisotopic (exact) mass is 323 g/mol. The lowest BCUT2D eigenvalue weighted by Gasteiger charge is -2.17. The molecule has 0 aliphatic rings. The molecule has 2 aromatic rings. The maximum absolute atomic E-state index is 6.01. The maximum atomic E-state index is 6.01. The second-order valence-corrected chi connectivity index (χ2v) is 5.70. The normalized spacial score (nSPS) is 12.2. The Balaban J connectivity index is 2.21. The topological polar surface area (TPSA) is 12.0 Å². The van der Waals surface area contributed by atoms with Crippen molar-refractivity contribution in [3.05, 3.63) is 63.1 Å². The Hall–Kier alpha value is -0.990. The summed E-state index contributed by atoms with van der Waals surface area (Å²) in [5, 5.41) is 4.20. The lowest BCUT2D eigenvalue weighted by Crippen LogP contribution is -2.07. The second kappa shape index (κ2) is 5.77. The molecule has 0 saturated heterocycles. The molecular formula is C15H15BrClN. The van der Waals surface area contributed by atoms with Crippen LogP contribution in [0, 0.1) is 6.92 Å². The fourth-order valence-electron chi connectivity index (χ4n) is 1.86. The van der Waals surface area contributed by atoms with Crippen LogP contribution in [0.15, 0.2) is 46.9 Å². The number of halogens is 2. The highest BCUT2D eigenvalue weighted by molar-refractivity contribution is 9.10. The summed E-state index contributed by atoms with van der Waals surface area (Å²) in [6, 6.07) is 14.5. The molecule has 3 heteroatoms. The Labute approximate surface area is 121 Å². The van der Waals surface area contributed by atoms with E-state index in [4.69, 9.17) is 11.6 Å². The molecule has 0 fully saturated rings.